The third kappa shape index (κ3) is 11.8. The van der Waals surface area contributed by atoms with Crippen molar-refractivity contribution in [1.82, 2.24) is 0 Å². The minimum absolute atomic E-state index is 0.105. The van der Waals surface area contributed by atoms with Gasteiger partial charge in [0.05, 0.1) is 67.6 Å². The third-order valence-corrected chi connectivity index (χ3v) is 13.8. The smallest absolute Gasteiger partial charge is 0.308 e. The Morgan fingerprint density at radius 3 is 1.62 bits per heavy atom. The summed E-state index contributed by atoms with van der Waals surface area (Å²) in [5, 5.41) is 42.2. The Kier molecular flexibility index (Phi) is 15.6. The summed E-state index contributed by atoms with van der Waals surface area (Å²) in [7, 11) is -0.237. The van der Waals surface area contributed by atoms with Gasteiger partial charge in [0.2, 0.25) is 0 Å². The number of rotatable bonds is 10. The predicted octanol–water partition coefficient (Wildman–Crippen LogP) is 3.48. The van der Waals surface area contributed by atoms with Gasteiger partial charge in [-0.15, -0.1) is 0 Å². The van der Waals surface area contributed by atoms with Crippen LogP contribution in [0.5, 0.6) is 0 Å². The van der Waals surface area contributed by atoms with E-state index in [4.69, 9.17) is 33.2 Å². The van der Waals surface area contributed by atoms with Gasteiger partial charge in [-0.25, -0.2) is 0 Å². The summed E-state index contributed by atoms with van der Waals surface area (Å²) in [6, 6.07) is 0. The molecule has 5 heterocycles. The zero-order chi connectivity index (χ0) is 41.0. The largest absolute Gasteiger partial charge is 0.469 e. The van der Waals surface area contributed by atoms with Crippen molar-refractivity contribution in [3.05, 3.63) is 23.6 Å². The molecule has 3 unspecified atom stereocenters. The molecule has 6 fully saturated rings. The molecule has 14 nitrogen and oxygen atoms in total. The Morgan fingerprint density at radius 1 is 0.643 bits per heavy atom. The molecule has 5 saturated heterocycles. The molecule has 6 rings (SSSR count). The van der Waals surface area contributed by atoms with E-state index in [1.165, 1.54) is 20.6 Å². The Labute approximate surface area is 334 Å². The topological polar surface area (TPSA) is 189 Å². The van der Waals surface area contributed by atoms with Crippen molar-refractivity contribution < 1.29 is 67.9 Å². The second-order valence-electron chi connectivity index (χ2n) is 18.5. The van der Waals surface area contributed by atoms with E-state index in [1.807, 2.05) is 11.8 Å². The van der Waals surface area contributed by atoms with Crippen LogP contribution < -0.4 is 0 Å². The highest BCUT2D eigenvalue weighted by Crippen LogP contribution is 2.48. The van der Waals surface area contributed by atoms with Gasteiger partial charge in [0.25, 0.3) is 0 Å². The number of fused-ring (bicyclic) bond motifs is 4. The molecule has 1 spiro atoms. The summed E-state index contributed by atoms with van der Waals surface area (Å²) >= 11 is 0. The van der Waals surface area contributed by atoms with Crippen LogP contribution >= 0.6 is 0 Å². The van der Waals surface area contributed by atoms with Crippen LogP contribution in [0.2, 0.25) is 39.3 Å². The van der Waals surface area contributed by atoms with Crippen molar-refractivity contribution >= 4 is 28.1 Å². The number of esters is 2. The maximum absolute atomic E-state index is 11.8. The van der Waals surface area contributed by atoms with E-state index < -0.39 is 76.9 Å². The normalized spacial score (nSPS) is 38.1. The zero-order valence-corrected chi connectivity index (χ0v) is 36.5. The van der Waals surface area contributed by atoms with Crippen LogP contribution in [0, 0.1) is 0 Å². The first kappa shape index (κ1) is 45.5. The van der Waals surface area contributed by atoms with E-state index >= 15 is 0 Å². The molecule has 1 saturated carbocycles. The molecule has 56 heavy (non-hydrogen) atoms. The van der Waals surface area contributed by atoms with Crippen molar-refractivity contribution in [3.63, 3.8) is 0 Å². The van der Waals surface area contributed by atoms with E-state index in [1.54, 1.807) is 6.08 Å². The molecule has 0 aromatic rings. The van der Waals surface area contributed by atoms with Crippen LogP contribution in [0.1, 0.15) is 70.6 Å². The van der Waals surface area contributed by atoms with Crippen molar-refractivity contribution in [2.24, 2.45) is 0 Å². The first-order chi connectivity index (χ1) is 26.3. The molecule has 5 aliphatic heterocycles. The van der Waals surface area contributed by atoms with Gasteiger partial charge in [-0.1, -0.05) is 69.3 Å². The standard InChI is InChI=1S/C23H38O7Si.C17H30O7Si/c1-26-18(25)14-15-8-9-17-20(27-15)22-21(29-23(30-22)11-6-5-7-12-23)19(28-17)16(24)10-13-31(2,3)4;1-22-13(19)9-10-5-6-12-17(23-10)15(21)14(20)16(24-12)11(18)7-8-25(2,3)4/h10,13,15-17,19-22,24H,5-9,11-12,14H2,1-4H3;7-8,10-12,14-18,20-21H,5-6,9H2,1-4H3/b13-10+;8-7+/t15-,16?,17+,19+,20+,21?,22+;10-,11+,12+,14?,15-,16+,17+/m11/s1. The van der Waals surface area contributed by atoms with Gasteiger partial charge in [-0.2, -0.15) is 0 Å². The lowest BCUT2D eigenvalue weighted by Crippen LogP contribution is -2.63. The number of aliphatic hydroxyl groups is 4. The van der Waals surface area contributed by atoms with Gasteiger partial charge in [-0.05, 0) is 38.5 Å². The number of hydrogen-bond acceptors (Lipinski definition) is 14. The zero-order valence-electron chi connectivity index (χ0n) is 34.5. The van der Waals surface area contributed by atoms with Gasteiger partial charge >= 0.3 is 11.9 Å². The van der Waals surface area contributed by atoms with Crippen molar-refractivity contribution in [3.8, 4) is 0 Å². The molecule has 0 amide bonds. The van der Waals surface area contributed by atoms with Gasteiger partial charge in [0.1, 0.15) is 61.0 Å². The Morgan fingerprint density at radius 2 is 1.11 bits per heavy atom. The molecule has 4 N–H and O–H groups in total. The maximum atomic E-state index is 11.8. The summed E-state index contributed by atoms with van der Waals surface area (Å²) in [6.45, 7) is 13.1. The highest BCUT2D eigenvalue weighted by molar-refractivity contribution is 6.81. The van der Waals surface area contributed by atoms with E-state index in [0.717, 1.165) is 32.1 Å². The summed E-state index contributed by atoms with van der Waals surface area (Å²) in [5.41, 5.74) is 4.13. The predicted molar refractivity (Wildman–Crippen MR) is 211 cm³/mol. The van der Waals surface area contributed by atoms with Crippen LogP contribution in [-0.2, 0) is 47.5 Å². The molecule has 16 heteroatoms. The highest BCUT2D eigenvalue weighted by atomic mass is 28.3. The molecule has 0 radical (unpaired) electrons. The van der Waals surface area contributed by atoms with E-state index in [9.17, 15) is 30.0 Å². The molecule has 320 valence electrons. The number of carbonyl (C=O) groups excluding carboxylic acids is 2. The summed E-state index contributed by atoms with van der Waals surface area (Å²) in [6.07, 6.45) is 3.07. The summed E-state index contributed by atoms with van der Waals surface area (Å²) < 4.78 is 47.0. The number of methoxy groups -OCH3 is 2. The molecule has 14 atom stereocenters. The maximum Gasteiger partial charge on any atom is 0.308 e. The van der Waals surface area contributed by atoms with Crippen LogP contribution in [0.4, 0.5) is 0 Å². The summed E-state index contributed by atoms with van der Waals surface area (Å²) in [5.74, 6) is -1.25. The van der Waals surface area contributed by atoms with Crippen LogP contribution in [0.3, 0.4) is 0 Å². The van der Waals surface area contributed by atoms with Crippen LogP contribution in [0.25, 0.3) is 0 Å². The van der Waals surface area contributed by atoms with Crippen molar-refractivity contribution in [1.29, 1.82) is 0 Å². The second kappa shape index (κ2) is 19.2. The number of hydrogen-bond donors (Lipinski definition) is 4. The minimum atomic E-state index is -1.49. The van der Waals surface area contributed by atoms with Gasteiger partial charge in [0.15, 0.2) is 5.79 Å². The van der Waals surface area contributed by atoms with E-state index in [0.29, 0.717) is 19.3 Å². The SMILES string of the molecule is COC(=O)C[C@H]1CC[C@@H]2O[C@@H](C(O)/C=C/[Si](C)(C)C)C3OC4(CCCCC4)O[C@H]3[C@H]2O1.COC(=O)C[C@H]1CC[C@@H]2O[C@@H]([C@@H](O)/C=C/[Si](C)(C)C)C(O)[C@@H](O)[C@H]2O1. The monoisotopic (exact) mass is 828 g/mol. The second-order valence-corrected chi connectivity index (χ2v) is 28.6. The van der Waals surface area contributed by atoms with Crippen molar-refractivity contribution in [2.75, 3.05) is 14.2 Å². The Balaban J connectivity index is 0.000000220. The van der Waals surface area contributed by atoms with Gasteiger partial charge in [-0.3, -0.25) is 9.59 Å². The lowest BCUT2D eigenvalue weighted by Gasteiger charge is -2.47. The van der Waals surface area contributed by atoms with Crippen molar-refractivity contribution in [2.45, 2.75) is 201 Å². The molecular weight excluding hydrogens is 761 g/mol. The average molecular weight is 829 g/mol. The van der Waals surface area contributed by atoms with E-state index in [-0.39, 0.29) is 55.3 Å². The lowest BCUT2D eigenvalue weighted by atomic mass is 9.87. The first-order valence-electron chi connectivity index (χ1n) is 20.5. The molecule has 0 bridgehead atoms. The Bertz CT molecular complexity index is 1360. The Hall–Kier alpha value is -1.55. The van der Waals surface area contributed by atoms with Crippen LogP contribution in [-0.4, -0.2) is 154 Å². The molecule has 0 aromatic carbocycles. The van der Waals surface area contributed by atoms with Gasteiger partial charge in [0, 0.05) is 12.8 Å². The fourth-order valence-electron chi connectivity index (χ4n) is 8.50. The third-order valence-electron chi connectivity index (χ3n) is 11.5. The fraction of sp³-hybridized carbons (Fsp3) is 0.850. The highest BCUT2D eigenvalue weighted by Gasteiger charge is 2.60. The molecule has 6 aliphatic rings. The molecule has 1 aliphatic carbocycles. The first-order valence-corrected chi connectivity index (χ1v) is 27.7. The number of ether oxygens (including phenoxy) is 8. The van der Waals surface area contributed by atoms with E-state index in [2.05, 4.69) is 49.7 Å². The number of aliphatic hydroxyl groups excluding tert-OH is 4. The quantitative estimate of drug-likeness (QED) is 0.185. The van der Waals surface area contributed by atoms with Gasteiger partial charge < -0.3 is 58.3 Å². The van der Waals surface area contributed by atoms with Crippen LogP contribution in [0.15, 0.2) is 23.6 Å². The summed E-state index contributed by atoms with van der Waals surface area (Å²) in [4.78, 5) is 23.2. The number of carbonyl (C=O) groups is 2. The fourth-order valence-corrected chi connectivity index (χ4v) is 10.0. The molecular formula is C40H68O14Si2. The lowest BCUT2D eigenvalue weighted by molar-refractivity contribution is -0.274. The average Bonchev–Trinajstić information content (AvgIpc) is 3.52. The molecule has 0 aromatic heterocycles. The minimum Gasteiger partial charge on any atom is -0.469 e.